The van der Waals surface area contributed by atoms with Gasteiger partial charge in [-0.25, -0.2) is 0 Å². The minimum atomic E-state index is -0.984. The van der Waals surface area contributed by atoms with Gasteiger partial charge < -0.3 is 14.8 Å². The largest absolute Gasteiger partial charge is 2.00 e. The Morgan fingerprint density at radius 1 is 0.800 bits per heavy atom. The molecule has 0 aliphatic heterocycles. The zero-order valence-corrected chi connectivity index (χ0v) is 19.1. The maximum absolute atomic E-state index is 10.4. The molecule has 0 atom stereocenters. The summed E-state index contributed by atoms with van der Waals surface area (Å²) in [5.74, 6) is -0.984. The molecule has 0 aromatic heterocycles. The molecule has 0 unspecified atom stereocenters. The number of likely N-dealkylation sites (N-methyl/N-ethyl adjacent to an activating group) is 1. The van der Waals surface area contributed by atoms with Gasteiger partial charge in [-0.1, -0.05) is 76.9 Å². The van der Waals surface area contributed by atoms with Crippen LogP contribution in [0, 0.1) is 0 Å². The van der Waals surface area contributed by atoms with E-state index in [1.54, 1.807) is 0 Å². The minimum Gasteiger partial charge on any atom is -0.549 e. The molecule has 0 bridgehead atoms. The van der Waals surface area contributed by atoms with Crippen LogP contribution in [0.5, 0.6) is 0 Å². The van der Waals surface area contributed by atoms with Gasteiger partial charge in [-0.15, -0.1) is 0 Å². The van der Waals surface area contributed by atoms with Crippen molar-refractivity contribution in [3.8, 4) is 0 Å². The molecule has 0 amide bonds. The third-order valence-corrected chi connectivity index (χ3v) is 4.45. The number of carboxylic acid groups (broad SMARTS) is 1. The number of aliphatic carboxylic acids is 1. The Hall–Kier alpha value is 0.430. The van der Waals surface area contributed by atoms with Crippen LogP contribution in [0.2, 0.25) is 0 Å². The van der Waals surface area contributed by atoms with Crippen LogP contribution in [0.4, 0.5) is 0 Å². The van der Waals surface area contributed by atoms with Gasteiger partial charge in [0.05, 0.1) is 5.97 Å². The van der Waals surface area contributed by atoms with Crippen molar-refractivity contribution in [1.82, 2.24) is 4.90 Å². The molecule has 0 saturated heterocycles. The first-order valence-corrected chi connectivity index (χ1v) is 10.2. The molecule has 0 fully saturated rings. The third kappa shape index (κ3) is 24.4. The van der Waals surface area contributed by atoms with Gasteiger partial charge in [0, 0.05) is 6.54 Å². The van der Waals surface area contributed by atoms with Crippen molar-refractivity contribution < 1.29 is 9.90 Å². The van der Waals surface area contributed by atoms with Gasteiger partial charge in [0.25, 0.3) is 0 Å². The van der Waals surface area contributed by atoms with Crippen molar-refractivity contribution in [3.05, 3.63) is 12.2 Å². The number of allylic oxidation sites excluding steroid dienone is 2. The quantitative estimate of drug-likeness (QED) is 0.203. The predicted molar refractivity (Wildman–Crippen MR) is 108 cm³/mol. The third-order valence-electron chi connectivity index (χ3n) is 4.45. The summed E-state index contributed by atoms with van der Waals surface area (Å²) in [6, 6.07) is 0. The summed E-state index contributed by atoms with van der Waals surface area (Å²) in [5.41, 5.74) is 0. The monoisotopic (exact) mass is 378 g/mol. The van der Waals surface area contributed by atoms with E-state index in [2.05, 4.69) is 19.1 Å². The van der Waals surface area contributed by atoms with Crippen molar-refractivity contribution in [2.75, 3.05) is 20.1 Å². The molecule has 0 saturated carbocycles. The number of hydrogen-bond donors (Lipinski definition) is 0. The number of nitrogens with zero attached hydrogens (tertiary/aromatic N) is 1. The van der Waals surface area contributed by atoms with E-state index in [4.69, 9.17) is 0 Å². The topological polar surface area (TPSA) is 43.4 Å². The second-order valence-corrected chi connectivity index (χ2v) is 7.05. The number of unbranched alkanes of at least 4 members (excludes halogenated alkanes) is 12. The fraction of sp³-hybridized carbons (Fsp3) is 0.857. The van der Waals surface area contributed by atoms with Gasteiger partial charge >= 0.3 is 37.7 Å². The summed E-state index contributed by atoms with van der Waals surface area (Å²) >= 11 is 0. The number of carboxylic acids is 1. The molecule has 0 radical (unpaired) electrons. The average molecular weight is 379 g/mol. The van der Waals surface area contributed by atoms with Crippen LogP contribution in [-0.2, 0) is 4.79 Å². The normalized spacial score (nSPS) is 11.2. The molecule has 0 heterocycles. The van der Waals surface area contributed by atoms with Crippen molar-refractivity contribution >= 4 is 43.7 Å². The predicted octanol–water partition coefficient (Wildman–Crippen LogP) is 4.32. The summed E-state index contributed by atoms with van der Waals surface area (Å²) in [5, 5.41) is 10.4. The molecule has 25 heavy (non-hydrogen) atoms. The summed E-state index contributed by atoms with van der Waals surface area (Å²) in [7, 11) is 1.84. The van der Waals surface area contributed by atoms with Crippen molar-refractivity contribution in [3.63, 3.8) is 0 Å². The maximum Gasteiger partial charge on any atom is 2.00 e. The fourth-order valence-electron chi connectivity index (χ4n) is 2.93. The van der Waals surface area contributed by atoms with Crippen LogP contribution in [0.1, 0.15) is 96.8 Å². The van der Waals surface area contributed by atoms with E-state index in [9.17, 15) is 9.90 Å². The first kappa shape index (κ1) is 27.6. The number of hydrogen-bond acceptors (Lipinski definition) is 3. The van der Waals surface area contributed by atoms with E-state index >= 15 is 0 Å². The Morgan fingerprint density at radius 2 is 1.24 bits per heavy atom. The van der Waals surface area contributed by atoms with Crippen LogP contribution in [-0.4, -0.2) is 68.7 Å². The number of carbonyl (C=O) groups is 1. The Bertz CT molecular complexity index is 308. The number of carbonyl (C=O) groups excluding carboxylic acids is 1. The summed E-state index contributed by atoms with van der Waals surface area (Å²) in [6.45, 7) is 3.17. The van der Waals surface area contributed by atoms with Crippen LogP contribution in [0.15, 0.2) is 12.2 Å². The molecular weight excluding hydrogens is 338 g/mol. The van der Waals surface area contributed by atoms with E-state index in [0.29, 0.717) is 0 Å². The van der Waals surface area contributed by atoms with Crippen LogP contribution < -0.4 is 5.11 Å². The molecule has 3 nitrogen and oxygen atoms in total. The van der Waals surface area contributed by atoms with Gasteiger partial charge in [0.2, 0.25) is 0 Å². The Kier molecular flexibility index (Phi) is 24.8. The number of rotatable bonds is 18. The molecule has 142 valence electrons. The zero-order valence-electron chi connectivity index (χ0n) is 16.9. The van der Waals surface area contributed by atoms with Crippen molar-refractivity contribution in [1.29, 1.82) is 0 Å². The van der Waals surface area contributed by atoms with Crippen molar-refractivity contribution in [2.45, 2.75) is 96.8 Å². The van der Waals surface area contributed by atoms with E-state index in [1.165, 1.54) is 83.5 Å². The van der Waals surface area contributed by atoms with E-state index in [1.807, 2.05) is 11.9 Å². The summed E-state index contributed by atoms with van der Waals surface area (Å²) in [6.07, 6.45) is 23.0. The standard InChI is InChI=1S/C21H41NO2.Ca/c1-3-4-5-6-7-8-9-10-11-12-13-14-15-16-17-18-19-22(2)20-21(23)24;/h10-11H,3-9,12-20H2,1-2H3,(H,23,24);/q;+2/p-1/b11-10-;. The second kappa shape index (κ2) is 22.5. The first-order valence-electron chi connectivity index (χ1n) is 10.2. The van der Waals surface area contributed by atoms with E-state index in [0.717, 1.165) is 13.0 Å². The van der Waals surface area contributed by atoms with E-state index < -0.39 is 5.97 Å². The van der Waals surface area contributed by atoms with Crippen molar-refractivity contribution in [2.24, 2.45) is 0 Å². The molecule has 4 heteroatoms. The van der Waals surface area contributed by atoms with Crippen LogP contribution in [0.25, 0.3) is 0 Å². The molecule has 0 aromatic carbocycles. The molecule has 0 spiro atoms. The van der Waals surface area contributed by atoms with Gasteiger partial charge in [0.1, 0.15) is 0 Å². The fourth-order valence-corrected chi connectivity index (χ4v) is 2.93. The van der Waals surface area contributed by atoms with Crippen LogP contribution in [0.3, 0.4) is 0 Å². The molecule has 0 aromatic rings. The molecule has 0 N–H and O–H groups in total. The van der Waals surface area contributed by atoms with Gasteiger partial charge in [-0.3, -0.25) is 0 Å². The van der Waals surface area contributed by atoms with Gasteiger partial charge in [0.15, 0.2) is 0 Å². The summed E-state index contributed by atoms with van der Waals surface area (Å²) in [4.78, 5) is 12.2. The first-order chi connectivity index (χ1) is 11.7. The Morgan fingerprint density at radius 3 is 1.72 bits per heavy atom. The SMILES string of the molecule is CCCCCCCC/C=C\CCCCCCCCN(C)CC(=O)[O-].[Ca+2]. The smallest absolute Gasteiger partial charge is 0.549 e. The molecular formula is C21H40CaNO2+. The molecule has 0 aliphatic carbocycles. The zero-order chi connectivity index (χ0) is 17.9. The minimum absolute atomic E-state index is 0. The van der Waals surface area contributed by atoms with Gasteiger partial charge in [-0.2, -0.15) is 0 Å². The van der Waals surface area contributed by atoms with E-state index in [-0.39, 0.29) is 44.3 Å². The average Bonchev–Trinajstić information content (AvgIpc) is 2.53. The Labute approximate surface area is 186 Å². The summed E-state index contributed by atoms with van der Waals surface area (Å²) < 4.78 is 0. The molecule has 0 rings (SSSR count). The Balaban J connectivity index is 0. The second-order valence-electron chi connectivity index (χ2n) is 7.05. The maximum atomic E-state index is 10.4. The van der Waals surface area contributed by atoms with Crippen LogP contribution >= 0.6 is 0 Å². The molecule has 0 aliphatic rings. The van der Waals surface area contributed by atoms with Gasteiger partial charge in [-0.05, 0) is 45.7 Å².